The molecule has 1 amide bonds. The third kappa shape index (κ3) is 4.43. The number of rotatable bonds is 6. The fraction of sp³-hybridized carbons (Fsp3) is 0.294. The first-order chi connectivity index (χ1) is 10.6. The molecule has 0 saturated heterocycles. The molecule has 0 atom stereocenters. The third-order valence-electron chi connectivity index (χ3n) is 3.43. The Morgan fingerprint density at radius 2 is 1.95 bits per heavy atom. The molecule has 0 unspecified atom stereocenters. The van der Waals surface area contributed by atoms with E-state index in [-0.39, 0.29) is 12.5 Å². The molecular formula is C17H19NO3S. The van der Waals surface area contributed by atoms with E-state index in [1.807, 2.05) is 48.7 Å². The van der Waals surface area contributed by atoms with Gasteiger partial charge >= 0.3 is 5.97 Å². The summed E-state index contributed by atoms with van der Waals surface area (Å²) in [6.07, 6.45) is 0.306. The molecule has 0 fully saturated rings. The van der Waals surface area contributed by atoms with E-state index >= 15 is 0 Å². The lowest BCUT2D eigenvalue weighted by atomic mass is 10.1. The van der Waals surface area contributed by atoms with Crippen molar-refractivity contribution in [3.8, 4) is 0 Å². The summed E-state index contributed by atoms with van der Waals surface area (Å²) < 4.78 is 4.70. The largest absolute Gasteiger partial charge is 0.468 e. The summed E-state index contributed by atoms with van der Waals surface area (Å²) in [5.74, 6) is -0.482. The van der Waals surface area contributed by atoms with E-state index in [4.69, 9.17) is 4.74 Å². The number of thiophene rings is 1. The zero-order valence-corrected chi connectivity index (χ0v) is 13.6. The van der Waals surface area contributed by atoms with Gasteiger partial charge < -0.3 is 9.64 Å². The van der Waals surface area contributed by atoms with Gasteiger partial charge in [0.2, 0.25) is 5.91 Å². The zero-order chi connectivity index (χ0) is 15.9. The van der Waals surface area contributed by atoms with Gasteiger partial charge in [-0.3, -0.25) is 9.59 Å². The van der Waals surface area contributed by atoms with Crippen LogP contribution in [0.2, 0.25) is 0 Å². The smallest absolute Gasteiger partial charge is 0.325 e. The molecular weight excluding hydrogens is 298 g/mol. The van der Waals surface area contributed by atoms with Crippen LogP contribution in [0.15, 0.2) is 41.8 Å². The molecule has 0 aliphatic rings. The first-order valence-corrected chi connectivity index (χ1v) is 7.89. The molecule has 0 radical (unpaired) electrons. The lowest BCUT2D eigenvalue weighted by Gasteiger charge is -2.22. The van der Waals surface area contributed by atoms with Crippen LogP contribution in [0.3, 0.4) is 0 Å². The predicted octanol–water partition coefficient (Wildman–Crippen LogP) is 2.80. The van der Waals surface area contributed by atoms with E-state index in [1.165, 1.54) is 18.4 Å². The SMILES string of the molecule is COC(=O)CN(Cc1ccccc1C)C(=O)Cc1cccs1. The lowest BCUT2D eigenvalue weighted by molar-refractivity contribution is -0.147. The number of hydrogen-bond acceptors (Lipinski definition) is 4. The summed E-state index contributed by atoms with van der Waals surface area (Å²) in [4.78, 5) is 26.6. The number of ether oxygens (including phenoxy) is 1. The summed E-state index contributed by atoms with van der Waals surface area (Å²) in [5.41, 5.74) is 2.13. The second kappa shape index (κ2) is 7.75. The molecule has 0 N–H and O–H groups in total. The van der Waals surface area contributed by atoms with Gasteiger partial charge in [-0.1, -0.05) is 30.3 Å². The maximum Gasteiger partial charge on any atom is 0.325 e. The van der Waals surface area contributed by atoms with Crippen molar-refractivity contribution in [1.29, 1.82) is 0 Å². The molecule has 0 bridgehead atoms. The van der Waals surface area contributed by atoms with Gasteiger partial charge in [-0.05, 0) is 29.5 Å². The monoisotopic (exact) mass is 317 g/mol. The number of esters is 1. The number of nitrogens with zero attached hydrogens (tertiary/aromatic N) is 1. The number of aryl methyl sites for hydroxylation is 1. The van der Waals surface area contributed by atoms with E-state index < -0.39 is 5.97 Å². The minimum Gasteiger partial charge on any atom is -0.468 e. The number of benzene rings is 1. The normalized spacial score (nSPS) is 10.3. The molecule has 0 saturated carbocycles. The minimum absolute atomic E-state index is 0.0327. The number of hydrogen-bond donors (Lipinski definition) is 0. The Morgan fingerprint density at radius 3 is 2.59 bits per heavy atom. The van der Waals surface area contributed by atoms with E-state index in [0.29, 0.717) is 13.0 Å². The molecule has 116 valence electrons. The van der Waals surface area contributed by atoms with Gasteiger partial charge in [-0.2, -0.15) is 0 Å². The van der Waals surface area contributed by atoms with Gasteiger partial charge in [-0.15, -0.1) is 11.3 Å². The minimum atomic E-state index is -0.409. The summed E-state index contributed by atoms with van der Waals surface area (Å²) in [5, 5.41) is 1.94. The summed E-state index contributed by atoms with van der Waals surface area (Å²) in [7, 11) is 1.33. The third-order valence-corrected chi connectivity index (χ3v) is 4.30. The molecule has 1 aromatic carbocycles. The van der Waals surface area contributed by atoms with Crippen LogP contribution in [-0.4, -0.2) is 30.4 Å². The van der Waals surface area contributed by atoms with Gasteiger partial charge in [0.15, 0.2) is 0 Å². The molecule has 1 aromatic heterocycles. The Bertz CT molecular complexity index is 637. The van der Waals surface area contributed by atoms with Crippen molar-refractivity contribution in [3.63, 3.8) is 0 Å². The topological polar surface area (TPSA) is 46.6 Å². The summed E-state index contributed by atoms with van der Waals surface area (Å²) in [6, 6.07) is 11.7. The Labute approximate surface area is 134 Å². The highest BCUT2D eigenvalue weighted by Crippen LogP contribution is 2.14. The fourth-order valence-corrected chi connectivity index (χ4v) is 2.82. The van der Waals surface area contributed by atoms with Crippen LogP contribution in [0.4, 0.5) is 0 Å². The second-order valence-electron chi connectivity index (χ2n) is 5.01. The number of carbonyl (C=O) groups is 2. The Hall–Kier alpha value is -2.14. The Morgan fingerprint density at radius 1 is 1.18 bits per heavy atom. The van der Waals surface area contributed by atoms with Crippen LogP contribution in [-0.2, 0) is 27.3 Å². The van der Waals surface area contributed by atoms with Gasteiger partial charge in [0.1, 0.15) is 6.54 Å². The molecule has 0 spiro atoms. The maximum absolute atomic E-state index is 12.5. The van der Waals surface area contributed by atoms with E-state index in [1.54, 1.807) is 4.90 Å². The van der Waals surface area contributed by atoms with Crippen LogP contribution in [0.5, 0.6) is 0 Å². The van der Waals surface area contributed by atoms with Crippen molar-refractivity contribution < 1.29 is 14.3 Å². The molecule has 22 heavy (non-hydrogen) atoms. The zero-order valence-electron chi connectivity index (χ0n) is 12.7. The first kappa shape index (κ1) is 16.2. The molecule has 4 nitrogen and oxygen atoms in total. The highest BCUT2D eigenvalue weighted by Gasteiger charge is 2.19. The Kier molecular flexibility index (Phi) is 5.72. The molecule has 0 aliphatic carbocycles. The summed E-state index contributed by atoms with van der Waals surface area (Å²) in [6.45, 7) is 2.37. The van der Waals surface area contributed by atoms with Crippen molar-refractivity contribution in [1.82, 2.24) is 4.90 Å². The van der Waals surface area contributed by atoms with Crippen molar-refractivity contribution in [3.05, 3.63) is 57.8 Å². The number of amides is 1. The van der Waals surface area contributed by atoms with Crippen LogP contribution < -0.4 is 0 Å². The Balaban J connectivity index is 2.13. The van der Waals surface area contributed by atoms with Crippen LogP contribution in [0.1, 0.15) is 16.0 Å². The average Bonchev–Trinajstić information content (AvgIpc) is 3.01. The lowest BCUT2D eigenvalue weighted by Crippen LogP contribution is -2.36. The van der Waals surface area contributed by atoms with Crippen LogP contribution in [0.25, 0.3) is 0 Å². The van der Waals surface area contributed by atoms with E-state index in [2.05, 4.69) is 0 Å². The molecule has 2 aromatic rings. The van der Waals surface area contributed by atoms with Gasteiger partial charge in [0.05, 0.1) is 13.5 Å². The molecule has 1 heterocycles. The number of methoxy groups -OCH3 is 1. The second-order valence-corrected chi connectivity index (χ2v) is 6.04. The van der Waals surface area contributed by atoms with E-state index in [9.17, 15) is 9.59 Å². The fourth-order valence-electron chi connectivity index (χ4n) is 2.12. The standard InChI is InChI=1S/C17H19NO3S/c1-13-6-3-4-7-14(13)11-18(12-17(20)21-2)16(19)10-15-8-5-9-22-15/h3-9H,10-12H2,1-2H3. The first-order valence-electron chi connectivity index (χ1n) is 7.01. The quantitative estimate of drug-likeness (QED) is 0.770. The molecule has 2 rings (SSSR count). The van der Waals surface area contributed by atoms with E-state index in [0.717, 1.165) is 16.0 Å². The maximum atomic E-state index is 12.5. The van der Waals surface area contributed by atoms with Gasteiger partial charge in [0.25, 0.3) is 0 Å². The van der Waals surface area contributed by atoms with Crippen LogP contribution in [0, 0.1) is 6.92 Å². The molecule has 5 heteroatoms. The molecule has 0 aliphatic heterocycles. The van der Waals surface area contributed by atoms with Crippen LogP contribution >= 0.6 is 11.3 Å². The van der Waals surface area contributed by atoms with Gasteiger partial charge in [-0.25, -0.2) is 0 Å². The predicted molar refractivity (Wildman–Crippen MR) is 86.6 cm³/mol. The summed E-state index contributed by atoms with van der Waals surface area (Å²) >= 11 is 1.54. The van der Waals surface area contributed by atoms with Gasteiger partial charge in [0, 0.05) is 11.4 Å². The highest BCUT2D eigenvalue weighted by atomic mass is 32.1. The highest BCUT2D eigenvalue weighted by molar-refractivity contribution is 7.10. The van der Waals surface area contributed by atoms with Crippen molar-refractivity contribution in [2.24, 2.45) is 0 Å². The van der Waals surface area contributed by atoms with Crippen molar-refractivity contribution in [2.45, 2.75) is 19.9 Å². The van der Waals surface area contributed by atoms with Crippen molar-refractivity contribution in [2.75, 3.05) is 13.7 Å². The average molecular weight is 317 g/mol. The number of carbonyl (C=O) groups excluding carboxylic acids is 2. The van der Waals surface area contributed by atoms with Crippen molar-refractivity contribution >= 4 is 23.2 Å².